The molecule has 2 aromatic carbocycles. The SMILES string of the molecule is Cc1csc2c1CCN(C)c1ccccc1-2.Nc1ccc(C=O)cc1. The van der Waals surface area contributed by atoms with Gasteiger partial charge in [-0.2, -0.15) is 0 Å². The number of benzene rings is 2. The maximum absolute atomic E-state index is 10.1. The molecule has 0 unspecified atom stereocenters. The molecule has 2 N–H and O–H groups in total. The Morgan fingerprint density at radius 2 is 1.84 bits per heavy atom. The zero-order valence-electron chi connectivity index (χ0n) is 14.5. The summed E-state index contributed by atoms with van der Waals surface area (Å²) in [6.07, 6.45) is 1.95. The number of thiophene rings is 1. The normalized spacial score (nSPS) is 12.3. The van der Waals surface area contributed by atoms with Crippen LogP contribution in [0.1, 0.15) is 21.5 Å². The second-order valence-electron chi connectivity index (χ2n) is 6.20. The van der Waals surface area contributed by atoms with Crippen LogP contribution in [0, 0.1) is 6.92 Å². The third kappa shape index (κ3) is 3.74. The molecule has 0 saturated carbocycles. The Bertz CT molecular complexity index is 868. The van der Waals surface area contributed by atoms with Crippen molar-refractivity contribution in [2.75, 3.05) is 24.2 Å². The van der Waals surface area contributed by atoms with Gasteiger partial charge >= 0.3 is 0 Å². The summed E-state index contributed by atoms with van der Waals surface area (Å²) in [5.74, 6) is 0. The van der Waals surface area contributed by atoms with Crippen molar-refractivity contribution in [2.24, 2.45) is 0 Å². The van der Waals surface area contributed by atoms with Crippen LogP contribution in [0.15, 0.2) is 53.9 Å². The number of carbonyl (C=O) groups excluding carboxylic acids is 1. The molecule has 0 bridgehead atoms. The summed E-state index contributed by atoms with van der Waals surface area (Å²) in [6.45, 7) is 3.34. The number of nitrogens with zero attached hydrogens (tertiary/aromatic N) is 1. The average Bonchev–Trinajstić information content (AvgIpc) is 2.94. The van der Waals surface area contributed by atoms with E-state index in [1.54, 1.807) is 29.8 Å². The number of likely N-dealkylation sites (N-methyl/N-ethyl adjacent to an activating group) is 1. The number of nitrogens with two attached hydrogens (primary N) is 1. The maximum Gasteiger partial charge on any atom is 0.150 e. The van der Waals surface area contributed by atoms with E-state index in [-0.39, 0.29) is 0 Å². The summed E-state index contributed by atoms with van der Waals surface area (Å²) in [4.78, 5) is 13.9. The molecule has 0 fully saturated rings. The summed E-state index contributed by atoms with van der Waals surface area (Å²) in [5, 5.41) is 2.28. The molecule has 0 saturated heterocycles. The number of anilines is 2. The van der Waals surface area contributed by atoms with E-state index in [2.05, 4.69) is 48.5 Å². The molecule has 3 aromatic rings. The molecule has 0 radical (unpaired) electrons. The second kappa shape index (κ2) is 7.53. The van der Waals surface area contributed by atoms with Crippen LogP contribution in [0.25, 0.3) is 10.4 Å². The van der Waals surface area contributed by atoms with Crippen molar-refractivity contribution in [2.45, 2.75) is 13.3 Å². The molecule has 25 heavy (non-hydrogen) atoms. The fraction of sp³-hybridized carbons (Fsp3) is 0.190. The van der Waals surface area contributed by atoms with Crippen molar-refractivity contribution in [3.63, 3.8) is 0 Å². The smallest absolute Gasteiger partial charge is 0.150 e. The quantitative estimate of drug-likeness (QED) is 0.507. The summed E-state index contributed by atoms with van der Waals surface area (Å²) in [6, 6.07) is 15.5. The van der Waals surface area contributed by atoms with Gasteiger partial charge in [-0.3, -0.25) is 4.79 Å². The van der Waals surface area contributed by atoms with Gasteiger partial charge in [0.15, 0.2) is 0 Å². The zero-order valence-corrected chi connectivity index (χ0v) is 15.3. The number of rotatable bonds is 1. The summed E-state index contributed by atoms with van der Waals surface area (Å²) in [5.41, 5.74) is 12.5. The van der Waals surface area contributed by atoms with Gasteiger partial charge in [0, 0.05) is 41.0 Å². The van der Waals surface area contributed by atoms with Gasteiger partial charge in [-0.15, -0.1) is 11.3 Å². The van der Waals surface area contributed by atoms with Gasteiger partial charge < -0.3 is 10.6 Å². The van der Waals surface area contributed by atoms with Crippen molar-refractivity contribution < 1.29 is 4.79 Å². The maximum atomic E-state index is 10.1. The Hall–Kier alpha value is -2.59. The lowest BCUT2D eigenvalue weighted by atomic mass is 10.0. The highest BCUT2D eigenvalue weighted by Crippen LogP contribution is 2.40. The van der Waals surface area contributed by atoms with Crippen LogP contribution in [0.5, 0.6) is 0 Å². The van der Waals surface area contributed by atoms with Crippen molar-refractivity contribution in [3.8, 4) is 10.4 Å². The molecule has 0 aliphatic carbocycles. The van der Waals surface area contributed by atoms with Gasteiger partial charge in [0.1, 0.15) is 6.29 Å². The lowest BCUT2D eigenvalue weighted by Gasteiger charge is -2.18. The molecular weight excluding hydrogens is 328 g/mol. The van der Waals surface area contributed by atoms with E-state index in [9.17, 15) is 4.79 Å². The number of hydrogen-bond acceptors (Lipinski definition) is 4. The third-order valence-electron chi connectivity index (χ3n) is 4.43. The number of para-hydroxylation sites is 1. The molecule has 0 amide bonds. The molecule has 0 atom stereocenters. The van der Waals surface area contributed by atoms with Gasteiger partial charge in [-0.1, -0.05) is 18.2 Å². The van der Waals surface area contributed by atoms with Gasteiger partial charge in [-0.25, -0.2) is 0 Å². The van der Waals surface area contributed by atoms with E-state index in [0.717, 1.165) is 19.3 Å². The average molecular weight is 350 g/mol. The van der Waals surface area contributed by atoms with Crippen LogP contribution in [0.4, 0.5) is 11.4 Å². The molecule has 4 rings (SSSR count). The van der Waals surface area contributed by atoms with E-state index in [1.165, 1.54) is 21.7 Å². The second-order valence-corrected chi connectivity index (χ2v) is 7.08. The molecule has 3 nitrogen and oxygen atoms in total. The predicted molar refractivity (Wildman–Crippen MR) is 108 cm³/mol. The zero-order chi connectivity index (χ0) is 17.8. The van der Waals surface area contributed by atoms with Gasteiger partial charge in [0.05, 0.1) is 0 Å². The monoisotopic (exact) mass is 350 g/mol. The Kier molecular flexibility index (Phi) is 5.19. The Morgan fingerprint density at radius 1 is 1.12 bits per heavy atom. The van der Waals surface area contributed by atoms with Crippen LogP contribution in [-0.4, -0.2) is 19.9 Å². The van der Waals surface area contributed by atoms with Crippen LogP contribution in [0.2, 0.25) is 0 Å². The highest BCUT2D eigenvalue weighted by molar-refractivity contribution is 7.14. The number of hydrogen-bond donors (Lipinski definition) is 1. The van der Waals surface area contributed by atoms with Crippen LogP contribution >= 0.6 is 11.3 Å². The Balaban J connectivity index is 0.000000173. The largest absolute Gasteiger partial charge is 0.399 e. The molecule has 1 aliphatic rings. The van der Waals surface area contributed by atoms with Gasteiger partial charge in [-0.05, 0) is 60.2 Å². The fourth-order valence-corrected chi connectivity index (χ4v) is 4.12. The Labute approximate surface area is 152 Å². The van der Waals surface area contributed by atoms with Gasteiger partial charge in [0.25, 0.3) is 0 Å². The highest BCUT2D eigenvalue weighted by Gasteiger charge is 2.19. The number of aldehydes is 1. The third-order valence-corrected chi connectivity index (χ3v) is 5.61. The van der Waals surface area contributed by atoms with E-state index < -0.39 is 0 Å². The van der Waals surface area contributed by atoms with E-state index in [1.807, 2.05) is 11.3 Å². The fourth-order valence-electron chi connectivity index (χ4n) is 2.98. The Morgan fingerprint density at radius 3 is 2.56 bits per heavy atom. The molecule has 4 heteroatoms. The molecule has 1 aromatic heterocycles. The molecule has 128 valence electrons. The number of aryl methyl sites for hydroxylation is 1. The minimum absolute atomic E-state index is 0.657. The number of nitrogen functional groups attached to an aromatic ring is 1. The van der Waals surface area contributed by atoms with E-state index >= 15 is 0 Å². The van der Waals surface area contributed by atoms with Crippen LogP contribution < -0.4 is 10.6 Å². The van der Waals surface area contributed by atoms with Crippen LogP contribution in [0.3, 0.4) is 0 Å². The lowest BCUT2D eigenvalue weighted by molar-refractivity contribution is 0.112. The molecular formula is C21H22N2OS. The first-order valence-electron chi connectivity index (χ1n) is 8.28. The minimum Gasteiger partial charge on any atom is -0.399 e. The predicted octanol–water partition coefficient (Wildman–Crippen LogP) is 4.80. The van der Waals surface area contributed by atoms with Gasteiger partial charge in [0.2, 0.25) is 0 Å². The van der Waals surface area contributed by atoms with Crippen molar-refractivity contribution in [1.82, 2.24) is 0 Å². The standard InChI is InChI=1S/C14H15NS.C7H7NO/c1-10-9-16-14-11(10)7-8-15(2)13-6-4-3-5-12(13)14;8-7-3-1-6(5-9)2-4-7/h3-6,9H,7-8H2,1-2H3;1-5H,8H2. The molecule has 0 spiro atoms. The molecule has 1 aliphatic heterocycles. The summed E-state index contributed by atoms with van der Waals surface area (Å²) < 4.78 is 0. The summed E-state index contributed by atoms with van der Waals surface area (Å²) in [7, 11) is 2.19. The number of carbonyl (C=O) groups is 1. The van der Waals surface area contributed by atoms with Crippen molar-refractivity contribution in [3.05, 3.63) is 70.6 Å². The summed E-state index contributed by atoms with van der Waals surface area (Å²) >= 11 is 1.88. The first-order valence-corrected chi connectivity index (χ1v) is 9.16. The number of fused-ring (bicyclic) bond motifs is 3. The highest BCUT2D eigenvalue weighted by atomic mass is 32.1. The molecule has 2 heterocycles. The van der Waals surface area contributed by atoms with E-state index in [4.69, 9.17) is 5.73 Å². The van der Waals surface area contributed by atoms with E-state index in [0.29, 0.717) is 11.3 Å². The first kappa shape index (κ1) is 17.2. The minimum atomic E-state index is 0.657. The first-order chi connectivity index (χ1) is 12.1. The van der Waals surface area contributed by atoms with Crippen molar-refractivity contribution >= 4 is 29.0 Å². The lowest BCUT2D eigenvalue weighted by Crippen LogP contribution is -2.19. The van der Waals surface area contributed by atoms with Crippen molar-refractivity contribution in [1.29, 1.82) is 0 Å². The topological polar surface area (TPSA) is 46.3 Å². The van der Waals surface area contributed by atoms with Crippen LogP contribution in [-0.2, 0) is 6.42 Å².